The SMILES string of the molecule is Cc1cc(C)n2ccc(C(=O)Nc3ccc(C(=O)O)cc3)c2n1. The molecule has 6 nitrogen and oxygen atoms in total. The van der Waals surface area contributed by atoms with E-state index in [9.17, 15) is 9.59 Å². The van der Waals surface area contributed by atoms with Crippen LogP contribution in [0, 0.1) is 13.8 Å². The summed E-state index contributed by atoms with van der Waals surface area (Å²) in [5.41, 5.74) is 3.61. The van der Waals surface area contributed by atoms with E-state index >= 15 is 0 Å². The van der Waals surface area contributed by atoms with Gasteiger partial charge in [-0.05, 0) is 50.2 Å². The fourth-order valence-electron chi connectivity index (χ4n) is 2.47. The molecule has 3 rings (SSSR count). The van der Waals surface area contributed by atoms with E-state index in [1.54, 1.807) is 24.4 Å². The number of hydrogen-bond donors (Lipinski definition) is 2. The van der Waals surface area contributed by atoms with Crippen molar-refractivity contribution in [2.45, 2.75) is 13.8 Å². The molecule has 1 amide bonds. The van der Waals surface area contributed by atoms with Gasteiger partial charge in [0.25, 0.3) is 5.91 Å². The molecule has 2 aromatic heterocycles. The molecule has 0 aliphatic carbocycles. The Morgan fingerprint density at radius 3 is 2.48 bits per heavy atom. The molecule has 0 spiro atoms. The van der Waals surface area contributed by atoms with Crippen LogP contribution in [0.25, 0.3) is 5.65 Å². The first kappa shape index (κ1) is 14.8. The van der Waals surface area contributed by atoms with Gasteiger partial charge in [0.15, 0.2) is 0 Å². The van der Waals surface area contributed by atoms with Crippen LogP contribution in [0.4, 0.5) is 5.69 Å². The largest absolute Gasteiger partial charge is 0.478 e. The first-order valence-corrected chi connectivity index (χ1v) is 7.06. The summed E-state index contributed by atoms with van der Waals surface area (Å²) in [7, 11) is 0. The molecule has 0 saturated carbocycles. The molecule has 0 aliphatic heterocycles. The Morgan fingerprint density at radius 1 is 1.13 bits per heavy atom. The van der Waals surface area contributed by atoms with Gasteiger partial charge in [-0.1, -0.05) is 0 Å². The number of carbonyl (C=O) groups excluding carboxylic acids is 1. The van der Waals surface area contributed by atoms with Gasteiger partial charge in [0, 0.05) is 23.3 Å². The van der Waals surface area contributed by atoms with Gasteiger partial charge < -0.3 is 14.8 Å². The first-order chi connectivity index (χ1) is 11.0. The summed E-state index contributed by atoms with van der Waals surface area (Å²) in [6.07, 6.45) is 1.81. The number of nitrogens with one attached hydrogen (secondary N) is 1. The molecule has 2 N–H and O–H groups in total. The highest BCUT2D eigenvalue weighted by atomic mass is 16.4. The number of aryl methyl sites for hydroxylation is 2. The lowest BCUT2D eigenvalue weighted by Gasteiger charge is -2.06. The van der Waals surface area contributed by atoms with Crippen LogP contribution in [0.5, 0.6) is 0 Å². The van der Waals surface area contributed by atoms with Crippen molar-refractivity contribution in [1.82, 2.24) is 9.38 Å². The molecule has 1 aromatic carbocycles. The standard InChI is InChI=1S/C17H15N3O3/c1-10-9-11(2)20-8-7-14(15(20)18-10)16(21)19-13-5-3-12(4-6-13)17(22)23/h3-9H,1-2H3,(H,19,21)(H,22,23). The normalized spacial score (nSPS) is 10.7. The zero-order chi connectivity index (χ0) is 16.6. The second-order valence-corrected chi connectivity index (χ2v) is 5.30. The summed E-state index contributed by atoms with van der Waals surface area (Å²) in [6.45, 7) is 3.83. The van der Waals surface area contributed by atoms with Crippen molar-refractivity contribution in [1.29, 1.82) is 0 Å². The first-order valence-electron chi connectivity index (χ1n) is 7.06. The molecule has 6 heteroatoms. The van der Waals surface area contributed by atoms with Crippen LogP contribution in [-0.2, 0) is 0 Å². The van der Waals surface area contributed by atoms with Crippen molar-refractivity contribution in [2.75, 3.05) is 5.32 Å². The van der Waals surface area contributed by atoms with E-state index < -0.39 is 5.97 Å². The molecule has 0 fully saturated rings. The Bertz CT molecular complexity index is 911. The highest BCUT2D eigenvalue weighted by Crippen LogP contribution is 2.17. The summed E-state index contributed by atoms with van der Waals surface area (Å²) in [6, 6.07) is 9.67. The predicted octanol–water partition coefficient (Wildman–Crippen LogP) is 2.90. The summed E-state index contributed by atoms with van der Waals surface area (Å²) in [5, 5.41) is 11.6. The molecule has 2 heterocycles. The molecular formula is C17H15N3O3. The van der Waals surface area contributed by atoms with E-state index in [0.29, 0.717) is 16.9 Å². The van der Waals surface area contributed by atoms with Gasteiger partial charge in [-0.25, -0.2) is 9.78 Å². The third-order valence-electron chi connectivity index (χ3n) is 3.57. The molecule has 0 saturated heterocycles. The molecule has 0 atom stereocenters. The number of amides is 1. The maximum Gasteiger partial charge on any atom is 0.335 e. The van der Waals surface area contributed by atoms with Gasteiger partial charge in [0.05, 0.1) is 11.1 Å². The molecule has 0 unspecified atom stereocenters. The number of carboxylic acids is 1. The highest BCUT2D eigenvalue weighted by molar-refractivity contribution is 6.08. The van der Waals surface area contributed by atoms with Crippen molar-refractivity contribution in [3.05, 3.63) is 65.1 Å². The topological polar surface area (TPSA) is 83.7 Å². The highest BCUT2D eigenvalue weighted by Gasteiger charge is 2.14. The lowest BCUT2D eigenvalue weighted by atomic mass is 10.2. The van der Waals surface area contributed by atoms with Crippen molar-refractivity contribution in [3.8, 4) is 0 Å². The molecule has 0 bridgehead atoms. The van der Waals surface area contributed by atoms with Crippen LogP contribution >= 0.6 is 0 Å². The van der Waals surface area contributed by atoms with Gasteiger partial charge in [0.1, 0.15) is 5.65 Å². The van der Waals surface area contributed by atoms with Crippen LogP contribution in [0.15, 0.2) is 42.6 Å². The Balaban J connectivity index is 1.90. The van der Waals surface area contributed by atoms with E-state index in [1.165, 1.54) is 12.1 Å². The Hall–Kier alpha value is -3.15. The predicted molar refractivity (Wildman–Crippen MR) is 86.0 cm³/mol. The number of anilines is 1. The summed E-state index contributed by atoms with van der Waals surface area (Å²) in [5.74, 6) is -1.29. The van der Waals surface area contributed by atoms with Gasteiger partial charge >= 0.3 is 5.97 Å². The van der Waals surface area contributed by atoms with Gasteiger partial charge in [-0.2, -0.15) is 0 Å². The number of aromatic carboxylic acids is 1. The third kappa shape index (κ3) is 2.78. The summed E-state index contributed by atoms with van der Waals surface area (Å²) < 4.78 is 1.86. The smallest absolute Gasteiger partial charge is 0.335 e. The number of aromatic nitrogens is 2. The van der Waals surface area contributed by atoms with Crippen molar-refractivity contribution >= 4 is 23.2 Å². The third-order valence-corrected chi connectivity index (χ3v) is 3.57. The second-order valence-electron chi connectivity index (χ2n) is 5.30. The van der Waals surface area contributed by atoms with E-state index in [2.05, 4.69) is 10.3 Å². The Morgan fingerprint density at radius 2 is 1.83 bits per heavy atom. The average Bonchev–Trinajstić information content (AvgIpc) is 2.91. The van der Waals surface area contributed by atoms with E-state index in [0.717, 1.165) is 11.4 Å². The van der Waals surface area contributed by atoms with E-state index in [1.807, 2.05) is 24.3 Å². The zero-order valence-corrected chi connectivity index (χ0v) is 12.7. The van der Waals surface area contributed by atoms with Crippen LogP contribution in [-0.4, -0.2) is 26.4 Å². The zero-order valence-electron chi connectivity index (χ0n) is 12.7. The molecule has 23 heavy (non-hydrogen) atoms. The number of carbonyl (C=O) groups is 2. The number of rotatable bonds is 3. The molecule has 0 aliphatic rings. The lowest BCUT2D eigenvalue weighted by molar-refractivity contribution is 0.0696. The summed E-state index contributed by atoms with van der Waals surface area (Å²) >= 11 is 0. The number of benzene rings is 1. The minimum absolute atomic E-state index is 0.172. The number of fused-ring (bicyclic) bond motifs is 1. The lowest BCUT2D eigenvalue weighted by Crippen LogP contribution is -2.12. The average molecular weight is 309 g/mol. The fraction of sp³-hybridized carbons (Fsp3) is 0.118. The maximum atomic E-state index is 12.4. The molecule has 3 aromatic rings. The molecule has 116 valence electrons. The van der Waals surface area contributed by atoms with Crippen molar-refractivity contribution in [3.63, 3.8) is 0 Å². The quantitative estimate of drug-likeness (QED) is 0.779. The van der Waals surface area contributed by atoms with Crippen LogP contribution in [0.2, 0.25) is 0 Å². The van der Waals surface area contributed by atoms with Crippen LogP contribution < -0.4 is 5.32 Å². The van der Waals surface area contributed by atoms with Crippen LogP contribution in [0.1, 0.15) is 32.1 Å². The number of nitrogens with zero attached hydrogens (tertiary/aromatic N) is 2. The van der Waals surface area contributed by atoms with E-state index in [4.69, 9.17) is 5.11 Å². The van der Waals surface area contributed by atoms with Crippen LogP contribution in [0.3, 0.4) is 0 Å². The Labute approximate surface area is 132 Å². The van der Waals surface area contributed by atoms with Crippen molar-refractivity contribution < 1.29 is 14.7 Å². The van der Waals surface area contributed by atoms with Gasteiger partial charge in [0.2, 0.25) is 0 Å². The molecule has 0 radical (unpaired) electrons. The monoisotopic (exact) mass is 309 g/mol. The number of carboxylic acid groups (broad SMARTS) is 1. The van der Waals surface area contributed by atoms with Gasteiger partial charge in [-0.3, -0.25) is 4.79 Å². The minimum atomic E-state index is -1.00. The molecular weight excluding hydrogens is 294 g/mol. The van der Waals surface area contributed by atoms with E-state index in [-0.39, 0.29) is 11.5 Å². The van der Waals surface area contributed by atoms with Crippen molar-refractivity contribution in [2.24, 2.45) is 0 Å². The summed E-state index contributed by atoms with van der Waals surface area (Å²) in [4.78, 5) is 27.7. The maximum absolute atomic E-state index is 12.4. The number of hydrogen-bond acceptors (Lipinski definition) is 3. The minimum Gasteiger partial charge on any atom is -0.478 e. The second kappa shape index (κ2) is 5.57. The Kier molecular flexibility index (Phi) is 3.57. The van der Waals surface area contributed by atoms with Gasteiger partial charge in [-0.15, -0.1) is 0 Å². The fourth-order valence-corrected chi connectivity index (χ4v) is 2.47.